The van der Waals surface area contributed by atoms with Crippen molar-refractivity contribution in [3.05, 3.63) is 18.2 Å². The lowest BCUT2D eigenvalue weighted by molar-refractivity contribution is 0.184. The Morgan fingerprint density at radius 1 is 1.50 bits per heavy atom. The SMILES string of the molecule is CCOc1c(N)cccc1-c1nnnn1C1CCOC1. The molecule has 0 aliphatic carbocycles. The summed E-state index contributed by atoms with van der Waals surface area (Å²) in [4.78, 5) is 0. The predicted molar refractivity (Wildman–Crippen MR) is 73.3 cm³/mol. The maximum Gasteiger partial charge on any atom is 0.186 e. The number of nitrogen functional groups attached to an aromatic ring is 1. The van der Waals surface area contributed by atoms with Gasteiger partial charge in [-0.25, -0.2) is 4.68 Å². The van der Waals surface area contributed by atoms with Crippen LogP contribution in [0.5, 0.6) is 5.75 Å². The van der Waals surface area contributed by atoms with E-state index in [0.29, 0.717) is 30.5 Å². The number of ether oxygens (including phenoxy) is 2. The molecule has 1 aliphatic heterocycles. The van der Waals surface area contributed by atoms with Crippen molar-refractivity contribution in [2.45, 2.75) is 19.4 Å². The Morgan fingerprint density at radius 2 is 2.40 bits per heavy atom. The van der Waals surface area contributed by atoms with E-state index in [1.54, 1.807) is 10.7 Å². The molecule has 7 heteroatoms. The lowest BCUT2D eigenvalue weighted by Gasteiger charge is -2.14. The zero-order valence-corrected chi connectivity index (χ0v) is 11.3. The fourth-order valence-electron chi connectivity index (χ4n) is 2.37. The molecule has 2 N–H and O–H groups in total. The molecule has 1 atom stereocenters. The molecule has 1 unspecified atom stereocenters. The maximum atomic E-state index is 5.99. The monoisotopic (exact) mass is 275 g/mol. The molecule has 2 heterocycles. The first-order chi connectivity index (χ1) is 9.81. The molecule has 0 bridgehead atoms. The van der Waals surface area contributed by atoms with Gasteiger partial charge in [0, 0.05) is 6.61 Å². The van der Waals surface area contributed by atoms with Crippen LogP contribution < -0.4 is 10.5 Å². The first kappa shape index (κ1) is 12.9. The number of rotatable bonds is 4. The van der Waals surface area contributed by atoms with Crippen molar-refractivity contribution in [3.8, 4) is 17.1 Å². The summed E-state index contributed by atoms with van der Waals surface area (Å²) in [6.07, 6.45) is 0.907. The number of benzene rings is 1. The summed E-state index contributed by atoms with van der Waals surface area (Å²) >= 11 is 0. The Labute approximate surface area is 116 Å². The quantitative estimate of drug-likeness (QED) is 0.846. The van der Waals surface area contributed by atoms with Crippen LogP contribution in [0.25, 0.3) is 11.4 Å². The van der Waals surface area contributed by atoms with Crippen LogP contribution in [0.4, 0.5) is 5.69 Å². The molecule has 0 amide bonds. The van der Waals surface area contributed by atoms with Gasteiger partial charge in [-0.1, -0.05) is 6.07 Å². The number of para-hydroxylation sites is 1. The molecule has 1 fully saturated rings. The Kier molecular flexibility index (Phi) is 3.51. The van der Waals surface area contributed by atoms with E-state index in [2.05, 4.69) is 15.5 Å². The molecule has 0 spiro atoms. The first-order valence-electron chi connectivity index (χ1n) is 6.68. The van der Waals surface area contributed by atoms with Crippen LogP contribution in [0, 0.1) is 0 Å². The van der Waals surface area contributed by atoms with Crippen molar-refractivity contribution in [1.82, 2.24) is 20.2 Å². The Balaban J connectivity index is 2.05. The Bertz CT molecular complexity index is 592. The number of nitrogens with zero attached hydrogens (tertiary/aromatic N) is 4. The number of hydrogen-bond acceptors (Lipinski definition) is 6. The molecule has 7 nitrogen and oxygen atoms in total. The second-order valence-corrected chi connectivity index (χ2v) is 4.62. The van der Waals surface area contributed by atoms with E-state index in [1.807, 2.05) is 19.1 Å². The van der Waals surface area contributed by atoms with Gasteiger partial charge in [-0.3, -0.25) is 0 Å². The molecule has 1 aromatic heterocycles. The average Bonchev–Trinajstić information content (AvgIpc) is 3.10. The van der Waals surface area contributed by atoms with Crippen LogP contribution in [0.1, 0.15) is 19.4 Å². The highest BCUT2D eigenvalue weighted by atomic mass is 16.5. The lowest BCUT2D eigenvalue weighted by Crippen LogP contribution is -2.12. The summed E-state index contributed by atoms with van der Waals surface area (Å²) in [6.45, 7) is 3.82. The number of aromatic nitrogens is 4. The normalized spacial score (nSPS) is 18.4. The van der Waals surface area contributed by atoms with Gasteiger partial charge >= 0.3 is 0 Å². The maximum absolute atomic E-state index is 5.99. The molecule has 1 aliphatic rings. The minimum atomic E-state index is 0.163. The van der Waals surface area contributed by atoms with Gasteiger partial charge in [0.05, 0.1) is 30.5 Å². The van der Waals surface area contributed by atoms with Gasteiger partial charge in [-0.15, -0.1) is 5.10 Å². The van der Waals surface area contributed by atoms with Gasteiger partial charge in [0.2, 0.25) is 0 Å². The van der Waals surface area contributed by atoms with E-state index in [0.717, 1.165) is 18.6 Å². The van der Waals surface area contributed by atoms with Gasteiger partial charge in [-0.2, -0.15) is 0 Å². The van der Waals surface area contributed by atoms with Gasteiger partial charge in [0.25, 0.3) is 0 Å². The average molecular weight is 275 g/mol. The van der Waals surface area contributed by atoms with Crippen molar-refractivity contribution < 1.29 is 9.47 Å². The highest BCUT2D eigenvalue weighted by Crippen LogP contribution is 2.35. The minimum absolute atomic E-state index is 0.163. The van der Waals surface area contributed by atoms with E-state index in [4.69, 9.17) is 15.2 Å². The second kappa shape index (κ2) is 5.46. The fourth-order valence-corrected chi connectivity index (χ4v) is 2.37. The molecule has 0 radical (unpaired) electrons. The second-order valence-electron chi connectivity index (χ2n) is 4.62. The molecule has 106 valence electrons. The molecular weight excluding hydrogens is 258 g/mol. The van der Waals surface area contributed by atoms with Crippen molar-refractivity contribution >= 4 is 5.69 Å². The third-order valence-corrected chi connectivity index (χ3v) is 3.32. The number of nitrogens with two attached hydrogens (primary N) is 1. The summed E-state index contributed by atoms with van der Waals surface area (Å²) in [5.41, 5.74) is 7.38. The minimum Gasteiger partial charge on any atom is -0.491 e. The smallest absolute Gasteiger partial charge is 0.186 e. The van der Waals surface area contributed by atoms with Gasteiger partial charge in [0.15, 0.2) is 11.6 Å². The molecule has 3 rings (SSSR count). The Hall–Kier alpha value is -2.15. The number of tetrazole rings is 1. The highest BCUT2D eigenvalue weighted by Gasteiger charge is 2.24. The predicted octanol–water partition coefficient (Wildman–Crippen LogP) is 1.28. The molecule has 20 heavy (non-hydrogen) atoms. The van der Waals surface area contributed by atoms with E-state index in [1.165, 1.54) is 0 Å². The number of anilines is 1. The summed E-state index contributed by atoms with van der Waals surface area (Å²) < 4.78 is 12.8. The van der Waals surface area contributed by atoms with Gasteiger partial charge < -0.3 is 15.2 Å². The molecule has 1 aromatic carbocycles. The van der Waals surface area contributed by atoms with Gasteiger partial charge in [0.1, 0.15) is 0 Å². The fraction of sp³-hybridized carbons (Fsp3) is 0.462. The standard InChI is InChI=1S/C13H17N5O2/c1-2-20-12-10(4-3-5-11(12)14)13-15-16-17-18(13)9-6-7-19-8-9/h3-5,9H,2,6-8,14H2,1H3. The highest BCUT2D eigenvalue weighted by molar-refractivity contribution is 5.73. The zero-order valence-electron chi connectivity index (χ0n) is 11.3. The van der Waals surface area contributed by atoms with Crippen molar-refractivity contribution in [3.63, 3.8) is 0 Å². The van der Waals surface area contributed by atoms with Crippen LogP contribution >= 0.6 is 0 Å². The molecule has 1 saturated heterocycles. The van der Waals surface area contributed by atoms with E-state index >= 15 is 0 Å². The van der Waals surface area contributed by atoms with Crippen molar-refractivity contribution in [1.29, 1.82) is 0 Å². The van der Waals surface area contributed by atoms with Gasteiger partial charge in [-0.05, 0) is 35.9 Å². The Morgan fingerprint density at radius 3 is 3.15 bits per heavy atom. The van der Waals surface area contributed by atoms with Crippen LogP contribution in [0.15, 0.2) is 18.2 Å². The number of hydrogen-bond donors (Lipinski definition) is 1. The van der Waals surface area contributed by atoms with E-state index in [-0.39, 0.29) is 6.04 Å². The first-order valence-corrected chi connectivity index (χ1v) is 6.68. The van der Waals surface area contributed by atoms with E-state index < -0.39 is 0 Å². The van der Waals surface area contributed by atoms with Crippen LogP contribution in [0.2, 0.25) is 0 Å². The van der Waals surface area contributed by atoms with Crippen molar-refractivity contribution in [2.75, 3.05) is 25.6 Å². The summed E-state index contributed by atoms with van der Waals surface area (Å²) in [6, 6.07) is 5.76. The third-order valence-electron chi connectivity index (χ3n) is 3.32. The lowest BCUT2D eigenvalue weighted by atomic mass is 10.1. The van der Waals surface area contributed by atoms with E-state index in [9.17, 15) is 0 Å². The molecular formula is C13H17N5O2. The van der Waals surface area contributed by atoms with Crippen LogP contribution in [-0.4, -0.2) is 40.0 Å². The van der Waals surface area contributed by atoms with Crippen LogP contribution in [-0.2, 0) is 4.74 Å². The summed E-state index contributed by atoms with van der Waals surface area (Å²) in [5, 5.41) is 12.0. The summed E-state index contributed by atoms with van der Waals surface area (Å²) in [5.74, 6) is 1.29. The molecule has 2 aromatic rings. The topological polar surface area (TPSA) is 88.1 Å². The zero-order chi connectivity index (χ0) is 13.9. The summed E-state index contributed by atoms with van der Waals surface area (Å²) in [7, 11) is 0. The van der Waals surface area contributed by atoms with Crippen molar-refractivity contribution in [2.24, 2.45) is 0 Å². The largest absolute Gasteiger partial charge is 0.491 e. The molecule has 0 saturated carbocycles. The third kappa shape index (κ3) is 2.20. The van der Waals surface area contributed by atoms with Crippen LogP contribution in [0.3, 0.4) is 0 Å².